The Morgan fingerprint density at radius 1 is 0.773 bits per heavy atom. The first kappa shape index (κ1) is 27.5. The van der Waals surface area contributed by atoms with Gasteiger partial charge < -0.3 is 18.9 Å². The van der Waals surface area contributed by atoms with E-state index in [0.29, 0.717) is 22.3 Å². The maximum Gasteiger partial charge on any atom is 0.338 e. The zero-order chi connectivity index (χ0) is 30.0. The lowest BCUT2D eigenvalue weighted by Gasteiger charge is -2.21. The Bertz CT molecular complexity index is 1770. The number of esters is 1. The number of rotatable bonds is 7. The maximum absolute atomic E-state index is 13.8. The molecule has 5 aromatic rings. The van der Waals surface area contributed by atoms with Gasteiger partial charge in [0.2, 0.25) is 0 Å². The number of amides is 2. The third-order valence-electron chi connectivity index (χ3n) is 7.47. The van der Waals surface area contributed by atoms with Gasteiger partial charge in [-0.1, -0.05) is 54.6 Å². The molecule has 0 saturated carbocycles. The Labute approximate surface area is 250 Å². The highest BCUT2D eigenvalue weighted by atomic mass is 16.7. The Hall–Kier alpha value is -5.30. The van der Waals surface area contributed by atoms with Gasteiger partial charge >= 0.3 is 5.97 Å². The molecule has 2 aliphatic rings. The summed E-state index contributed by atoms with van der Waals surface area (Å²) >= 11 is 0. The summed E-state index contributed by atoms with van der Waals surface area (Å²) in [6, 6.07) is 25.6. The van der Waals surface area contributed by atoms with Crippen LogP contribution in [-0.2, 0) is 18.9 Å². The number of nitrogens with zero attached hydrogens (tertiary/aromatic N) is 5. The molecule has 0 radical (unpaired) electrons. The number of aromatic nitrogens is 4. The van der Waals surface area contributed by atoms with Gasteiger partial charge in [0.1, 0.15) is 38.0 Å². The minimum Gasteiger partial charge on any atom is -0.459 e. The van der Waals surface area contributed by atoms with Gasteiger partial charge in [-0.25, -0.2) is 24.6 Å². The predicted molar refractivity (Wildman–Crippen MR) is 155 cm³/mol. The van der Waals surface area contributed by atoms with Crippen molar-refractivity contribution < 1.29 is 33.3 Å². The lowest BCUT2D eigenvalue weighted by Crippen LogP contribution is -2.38. The van der Waals surface area contributed by atoms with Crippen LogP contribution in [0.2, 0.25) is 0 Å². The van der Waals surface area contributed by atoms with Crippen LogP contribution >= 0.6 is 0 Å². The largest absolute Gasteiger partial charge is 0.459 e. The Morgan fingerprint density at radius 3 is 2.00 bits per heavy atom. The molecule has 4 heterocycles. The van der Waals surface area contributed by atoms with Crippen LogP contribution in [0.3, 0.4) is 0 Å². The van der Waals surface area contributed by atoms with Gasteiger partial charge in [-0.15, -0.1) is 0 Å². The molecule has 12 nitrogen and oxygen atoms in total. The number of imidazole rings is 1. The van der Waals surface area contributed by atoms with Crippen molar-refractivity contribution in [2.24, 2.45) is 0 Å². The van der Waals surface area contributed by atoms with Crippen molar-refractivity contribution in [2.75, 3.05) is 18.3 Å². The highest BCUT2D eigenvalue weighted by molar-refractivity contribution is 6.27. The van der Waals surface area contributed by atoms with E-state index >= 15 is 0 Å². The summed E-state index contributed by atoms with van der Waals surface area (Å²) < 4.78 is 25.1. The number of carbonyl (C=O) groups excluding carboxylic acids is 3. The third-order valence-corrected chi connectivity index (χ3v) is 7.47. The molecule has 2 fully saturated rings. The van der Waals surface area contributed by atoms with Gasteiger partial charge in [-0.3, -0.25) is 14.2 Å². The van der Waals surface area contributed by atoms with Crippen molar-refractivity contribution in [1.82, 2.24) is 19.5 Å². The number of ether oxygens (including phenoxy) is 4. The van der Waals surface area contributed by atoms with E-state index in [1.807, 2.05) is 6.07 Å². The number of imide groups is 1. The fraction of sp³-hybridized carbons (Fsp3) is 0.188. The molecule has 0 aliphatic carbocycles. The zero-order valence-corrected chi connectivity index (χ0v) is 23.1. The van der Waals surface area contributed by atoms with Crippen LogP contribution in [0.4, 0.5) is 5.82 Å². The minimum absolute atomic E-state index is 0.0166. The molecular formula is C32H25N5O7. The molecule has 2 aromatic heterocycles. The number of carbonyl (C=O) groups is 3. The predicted octanol–water partition coefficient (Wildman–Crippen LogP) is 3.81. The van der Waals surface area contributed by atoms with Crippen LogP contribution in [-0.4, -0.2) is 69.0 Å². The van der Waals surface area contributed by atoms with Gasteiger partial charge in [-0.05, 0) is 36.4 Å². The molecule has 2 aliphatic heterocycles. The van der Waals surface area contributed by atoms with E-state index in [9.17, 15) is 14.4 Å². The highest BCUT2D eigenvalue weighted by Gasteiger charge is 2.51. The molecule has 220 valence electrons. The van der Waals surface area contributed by atoms with Crippen LogP contribution in [0, 0.1) is 0 Å². The molecule has 0 spiro atoms. The van der Waals surface area contributed by atoms with Crippen LogP contribution in [0.15, 0.2) is 104 Å². The van der Waals surface area contributed by atoms with Crippen molar-refractivity contribution in [1.29, 1.82) is 0 Å². The highest BCUT2D eigenvalue weighted by Crippen LogP contribution is 2.39. The van der Waals surface area contributed by atoms with E-state index in [2.05, 4.69) is 15.0 Å². The molecule has 2 saturated heterocycles. The minimum atomic E-state index is -0.751. The summed E-state index contributed by atoms with van der Waals surface area (Å²) in [5.41, 5.74) is 1.54. The van der Waals surface area contributed by atoms with E-state index in [0.717, 1.165) is 4.90 Å². The second-order valence-corrected chi connectivity index (χ2v) is 10.1. The molecule has 0 unspecified atom stereocenters. The second-order valence-electron chi connectivity index (χ2n) is 10.1. The zero-order valence-electron chi connectivity index (χ0n) is 23.1. The van der Waals surface area contributed by atoms with Gasteiger partial charge in [0.15, 0.2) is 23.2 Å². The first-order valence-corrected chi connectivity index (χ1v) is 13.9. The lowest BCUT2D eigenvalue weighted by molar-refractivity contribution is -0.109. The molecule has 0 bridgehead atoms. The smallest absolute Gasteiger partial charge is 0.338 e. The SMILES string of the molecule is O=C(OC[C@H]1O[C@@H](n2cnc3c(N(C(=O)c4ccccc4)C(=O)c4ccccc4)ncnc32)[C@@H]2OCO[C@@H]21)c1ccccc1. The first-order chi connectivity index (χ1) is 21.6. The topological polar surface area (TPSA) is 135 Å². The number of benzene rings is 3. The number of hydrogen-bond donors (Lipinski definition) is 0. The summed E-state index contributed by atoms with van der Waals surface area (Å²) in [6.45, 7) is -0.0251. The normalized spacial score (nSPS) is 20.7. The molecule has 3 aromatic carbocycles. The molecule has 0 N–H and O–H groups in total. The van der Waals surface area contributed by atoms with Gasteiger partial charge in [0.25, 0.3) is 11.8 Å². The maximum atomic E-state index is 13.8. The van der Waals surface area contributed by atoms with Crippen molar-refractivity contribution in [3.63, 3.8) is 0 Å². The van der Waals surface area contributed by atoms with Gasteiger partial charge in [0.05, 0.1) is 11.9 Å². The van der Waals surface area contributed by atoms with Crippen LogP contribution < -0.4 is 4.90 Å². The van der Waals surface area contributed by atoms with Crippen molar-refractivity contribution in [3.8, 4) is 0 Å². The van der Waals surface area contributed by atoms with Crippen molar-refractivity contribution >= 4 is 34.8 Å². The number of fused-ring (bicyclic) bond motifs is 2. The standard InChI is InChI=1S/C32H25N5O7/c38-29(20-10-4-1-5-11-20)37(30(39)21-12-6-2-7-13-21)28-24-27(33-17-34-28)36(18-35-24)31-26-25(42-19-43-26)23(44-31)16-41-32(40)22-14-8-3-9-15-22/h1-15,17-18,23,25-26,31H,16,19H2/t23-,25-,26-,31-/m1/s1. The van der Waals surface area contributed by atoms with E-state index in [1.54, 1.807) is 89.5 Å². The summed E-state index contributed by atoms with van der Waals surface area (Å²) in [5.74, 6) is -1.61. The fourth-order valence-corrected chi connectivity index (χ4v) is 5.35. The fourth-order valence-electron chi connectivity index (χ4n) is 5.35. The molecule has 4 atom stereocenters. The van der Waals surface area contributed by atoms with Crippen molar-refractivity contribution in [3.05, 3.63) is 120 Å². The van der Waals surface area contributed by atoms with Gasteiger partial charge in [0, 0.05) is 11.1 Å². The Morgan fingerprint density at radius 2 is 1.36 bits per heavy atom. The first-order valence-electron chi connectivity index (χ1n) is 13.9. The average molecular weight is 592 g/mol. The van der Waals surface area contributed by atoms with Crippen LogP contribution in [0.1, 0.15) is 37.3 Å². The van der Waals surface area contributed by atoms with E-state index in [1.165, 1.54) is 12.7 Å². The van der Waals surface area contributed by atoms with Gasteiger partial charge in [-0.2, -0.15) is 0 Å². The molecular weight excluding hydrogens is 566 g/mol. The average Bonchev–Trinajstić information content (AvgIpc) is 3.81. The third kappa shape index (κ3) is 5.00. The molecule has 2 amide bonds. The van der Waals surface area contributed by atoms with Crippen molar-refractivity contribution in [2.45, 2.75) is 24.5 Å². The van der Waals surface area contributed by atoms with Crippen LogP contribution in [0.25, 0.3) is 11.2 Å². The summed E-state index contributed by atoms with van der Waals surface area (Å²) in [6.07, 6.45) is 0.297. The summed E-state index contributed by atoms with van der Waals surface area (Å²) in [4.78, 5) is 54.4. The Balaban J connectivity index is 1.21. The quantitative estimate of drug-likeness (QED) is 0.203. The summed E-state index contributed by atoms with van der Waals surface area (Å²) in [7, 11) is 0. The molecule has 12 heteroatoms. The Kier molecular flexibility index (Phi) is 7.36. The van der Waals surface area contributed by atoms with E-state index in [-0.39, 0.29) is 24.7 Å². The number of anilines is 1. The van der Waals surface area contributed by atoms with Crippen LogP contribution in [0.5, 0.6) is 0 Å². The molecule has 7 rings (SSSR count). The second kappa shape index (κ2) is 11.8. The molecule has 44 heavy (non-hydrogen) atoms. The van der Waals surface area contributed by atoms with E-state index in [4.69, 9.17) is 18.9 Å². The van der Waals surface area contributed by atoms with E-state index < -0.39 is 42.3 Å². The summed E-state index contributed by atoms with van der Waals surface area (Å²) in [5, 5.41) is 0. The lowest BCUT2D eigenvalue weighted by atomic mass is 10.1. The monoisotopic (exact) mass is 591 g/mol. The number of hydrogen-bond acceptors (Lipinski definition) is 10.